The Labute approximate surface area is 175 Å². The van der Waals surface area contributed by atoms with Crippen LogP contribution in [0.15, 0.2) is 16.5 Å². The second-order valence-electron chi connectivity index (χ2n) is 5.10. The number of rotatable bonds is 7. The molecule has 6 nitrogen and oxygen atoms in total. The molecule has 2 heterocycles. The third-order valence-corrected chi connectivity index (χ3v) is 5.72. The van der Waals surface area contributed by atoms with E-state index in [0.29, 0.717) is 4.34 Å². The number of aryl methyl sites for hydroxylation is 1. The van der Waals surface area contributed by atoms with Crippen molar-refractivity contribution in [3.63, 3.8) is 0 Å². The highest BCUT2D eigenvalue weighted by molar-refractivity contribution is 8.01. The first-order chi connectivity index (χ1) is 13.3. The van der Waals surface area contributed by atoms with Gasteiger partial charge in [-0.25, -0.2) is 9.07 Å². The van der Waals surface area contributed by atoms with Crippen LogP contribution in [0, 0.1) is 5.82 Å². The van der Waals surface area contributed by atoms with Crippen molar-refractivity contribution in [3.05, 3.63) is 28.0 Å². The SMILES string of the molecule is CCSc1nnc(Oc2cc(-c3nn(C)c(OC(F)F)c3Cl)c(F)cc2Cl)s1. The Morgan fingerprint density at radius 1 is 1.29 bits per heavy atom. The molecule has 0 atom stereocenters. The molecule has 0 spiro atoms. The third kappa shape index (κ3) is 4.48. The molecule has 0 bridgehead atoms. The van der Waals surface area contributed by atoms with Gasteiger partial charge in [-0.3, -0.25) is 0 Å². The van der Waals surface area contributed by atoms with E-state index < -0.39 is 18.3 Å². The molecule has 0 saturated heterocycles. The highest BCUT2D eigenvalue weighted by atomic mass is 35.5. The van der Waals surface area contributed by atoms with Gasteiger partial charge in [-0.2, -0.15) is 13.9 Å². The highest BCUT2D eigenvalue weighted by Gasteiger charge is 2.24. The van der Waals surface area contributed by atoms with Crippen molar-refractivity contribution < 1.29 is 22.6 Å². The van der Waals surface area contributed by atoms with Crippen LogP contribution in [0.4, 0.5) is 13.2 Å². The smallest absolute Gasteiger partial charge is 0.388 e. The van der Waals surface area contributed by atoms with Crippen LogP contribution in [0.25, 0.3) is 11.3 Å². The first kappa shape index (κ1) is 21.0. The van der Waals surface area contributed by atoms with Crippen LogP contribution in [0.2, 0.25) is 10.0 Å². The number of hydrogen-bond acceptors (Lipinski definition) is 7. The lowest BCUT2D eigenvalue weighted by molar-refractivity contribution is -0.0552. The van der Waals surface area contributed by atoms with Gasteiger partial charge in [0, 0.05) is 12.6 Å². The molecule has 3 aromatic rings. The fourth-order valence-electron chi connectivity index (χ4n) is 2.17. The zero-order chi connectivity index (χ0) is 20.4. The molecule has 150 valence electrons. The molecule has 0 fully saturated rings. The van der Waals surface area contributed by atoms with Gasteiger partial charge >= 0.3 is 6.61 Å². The van der Waals surface area contributed by atoms with Crippen molar-refractivity contribution in [3.8, 4) is 28.1 Å². The largest absolute Gasteiger partial charge is 0.428 e. The van der Waals surface area contributed by atoms with Crippen LogP contribution in [0.3, 0.4) is 0 Å². The molecule has 0 aliphatic rings. The molecule has 0 N–H and O–H groups in total. The van der Waals surface area contributed by atoms with Gasteiger partial charge in [-0.1, -0.05) is 47.0 Å². The van der Waals surface area contributed by atoms with Crippen molar-refractivity contribution >= 4 is 46.3 Å². The van der Waals surface area contributed by atoms with Crippen LogP contribution in [0.5, 0.6) is 16.8 Å². The number of alkyl halides is 2. The Kier molecular flexibility index (Phi) is 6.58. The lowest BCUT2D eigenvalue weighted by atomic mass is 10.1. The van der Waals surface area contributed by atoms with Crippen LogP contribution >= 0.6 is 46.3 Å². The molecule has 0 saturated carbocycles. The summed E-state index contributed by atoms with van der Waals surface area (Å²) >= 11 is 14.8. The topological polar surface area (TPSA) is 62.1 Å². The highest BCUT2D eigenvalue weighted by Crippen LogP contribution is 2.41. The number of hydrogen-bond donors (Lipinski definition) is 0. The number of thioether (sulfide) groups is 1. The predicted octanol–water partition coefficient (Wildman–Crippen LogP) is 5.89. The maximum atomic E-state index is 14.5. The predicted molar refractivity (Wildman–Crippen MR) is 102 cm³/mol. The van der Waals surface area contributed by atoms with E-state index in [-0.39, 0.29) is 32.2 Å². The minimum Gasteiger partial charge on any atom is -0.428 e. The summed E-state index contributed by atoms with van der Waals surface area (Å²) in [4.78, 5) is 0. The number of ether oxygens (including phenoxy) is 2. The van der Waals surface area contributed by atoms with Gasteiger partial charge in [0.2, 0.25) is 5.88 Å². The number of nitrogens with zero attached hydrogens (tertiary/aromatic N) is 4. The van der Waals surface area contributed by atoms with Gasteiger partial charge in [0.15, 0.2) is 4.34 Å². The van der Waals surface area contributed by atoms with E-state index in [1.807, 2.05) is 6.92 Å². The monoisotopic (exact) mass is 470 g/mol. The lowest BCUT2D eigenvalue weighted by Gasteiger charge is -2.08. The molecule has 2 aromatic heterocycles. The molecule has 0 unspecified atom stereocenters. The van der Waals surface area contributed by atoms with E-state index in [2.05, 4.69) is 20.0 Å². The molecule has 0 aliphatic heterocycles. The molecule has 0 radical (unpaired) electrons. The van der Waals surface area contributed by atoms with Crippen LogP contribution < -0.4 is 9.47 Å². The van der Waals surface area contributed by atoms with Crippen molar-refractivity contribution in [2.24, 2.45) is 7.05 Å². The Balaban J connectivity index is 1.98. The van der Waals surface area contributed by atoms with Gasteiger partial charge in [0.05, 0.1) is 5.02 Å². The van der Waals surface area contributed by atoms with Crippen molar-refractivity contribution in [2.45, 2.75) is 17.9 Å². The number of aromatic nitrogens is 4. The number of benzene rings is 1. The van der Waals surface area contributed by atoms with Gasteiger partial charge in [0.25, 0.3) is 5.19 Å². The normalized spacial score (nSPS) is 11.3. The van der Waals surface area contributed by atoms with Crippen LogP contribution in [-0.2, 0) is 7.05 Å². The average molecular weight is 471 g/mol. The first-order valence-electron chi connectivity index (χ1n) is 7.61. The van der Waals surface area contributed by atoms with Gasteiger partial charge in [-0.05, 0) is 29.2 Å². The molecule has 13 heteroatoms. The maximum Gasteiger partial charge on any atom is 0.388 e. The Hall–Kier alpha value is -1.69. The van der Waals surface area contributed by atoms with E-state index in [4.69, 9.17) is 27.9 Å². The second-order valence-corrected chi connectivity index (χ2v) is 8.34. The van der Waals surface area contributed by atoms with Crippen molar-refractivity contribution in [1.82, 2.24) is 20.0 Å². The molecule has 0 aliphatic carbocycles. The van der Waals surface area contributed by atoms with E-state index in [9.17, 15) is 13.2 Å². The quantitative estimate of drug-likeness (QED) is 0.401. The Morgan fingerprint density at radius 2 is 2.04 bits per heavy atom. The minimum atomic E-state index is -3.11. The summed E-state index contributed by atoms with van der Waals surface area (Å²) in [6, 6.07) is 2.26. The van der Waals surface area contributed by atoms with E-state index in [1.54, 1.807) is 0 Å². The maximum absolute atomic E-state index is 14.5. The Morgan fingerprint density at radius 3 is 2.71 bits per heavy atom. The fourth-order valence-corrected chi connectivity index (χ4v) is 4.26. The fraction of sp³-hybridized carbons (Fsp3) is 0.267. The summed E-state index contributed by atoms with van der Waals surface area (Å²) in [6.45, 7) is -1.14. The summed E-state index contributed by atoms with van der Waals surface area (Å²) in [6.07, 6.45) is 0. The molecule has 3 rings (SSSR count). The van der Waals surface area contributed by atoms with E-state index in [0.717, 1.165) is 16.5 Å². The second kappa shape index (κ2) is 8.76. The minimum absolute atomic E-state index is 0.0164. The summed E-state index contributed by atoms with van der Waals surface area (Å²) in [5.74, 6) is -0.258. The van der Waals surface area contributed by atoms with Gasteiger partial charge < -0.3 is 9.47 Å². The lowest BCUT2D eigenvalue weighted by Crippen LogP contribution is -2.06. The molecular weight excluding hydrogens is 460 g/mol. The summed E-state index contributed by atoms with van der Waals surface area (Å²) < 4.78 is 51.2. The van der Waals surface area contributed by atoms with Crippen LogP contribution in [0.1, 0.15) is 6.92 Å². The van der Waals surface area contributed by atoms with E-state index >= 15 is 0 Å². The van der Waals surface area contributed by atoms with Gasteiger partial charge in [-0.15, -0.1) is 5.10 Å². The molecule has 0 amide bonds. The zero-order valence-corrected chi connectivity index (χ0v) is 17.4. The standard InChI is InChI=1S/C15H11Cl2F3N4O2S2/c1-3-27-15-22-21-14(28-15)25-9-4-6(8(18)5-7(9)16)11-10(17)12(24(2)23-11)26-13(19)20/h4-5,13H,3H2,1-2H3. The first-order valence-corrected chi connectivity index (χ1v) is 10.2. The molecule has 28 heavy (non-hydrogen) atoms. The third-order valence-electron chi connectivity index (χ3n) is 3.27. The zero-order valence-electron chi connectivity index (χ0n) is 14.3. The van der Waals surface area contributed by atoms with Crippen molar-refractivity contribution in [1.29, 1.82) is 0 Å². The van der Waals surface area contributed by atoms with E-state index in [1.165, 1.54) is 36.2 Å². The van der Waals surface area contributed by atoms with Crippen LogP contribution in [-0.4, -0.2) is 32.3 Å². The number of halogens is 5. The summed E-state index contributed by atoms with van der Waals surface area (Å²) in [7, 11) is 1.34. The molecular formula is C15H11Cl2F3N4O2S2. The summed E-state index contributed by atoms with van der Waals surface area (Å²) in [5.41, 5.74) is -0.199. The molecule has 1 aromatic carbocycles. The van der Waals surface area contributed by atoms with Gasteiger partial charge in [0.1, 0.15) is 22.3 Å². The Bertz CT molecular complexity index is 1000. The van der Waals surface area contributed by atoms with Crippen molar-refractivity contribution in [2.75, 3.05) is 5.75 Å². The summed E-state index contributed by atoms with van der Waals surface area (Å²) in [5, 5.41) is 11.7. The average Bonchev–Trinajstić information content (AvgIpc) is 3.17.